The normalized spacial score (nSPS) is 25.8. The molecule has 1 aromatic rings. The SMILES string of the molecule is O=C(C1CC1)N1Cc2ccccc2CC1CN1CCNCC1. The van der Waals surface area contributed by atoms with Crippen molar-refractivity contribution in [2.45, 2.75) is 31.8 Å². The summed E-state index contributed by atoms with van der Waals surface area (Å²) in [5, 5.41) is 3.41. The van der Waals surface area contributed by atoms with Gasteiger partial charge in [0.1, 0.15) is 0 Å². The van der Waals surface area contributed by atoms with Gasteiger partial charge in [-0.3, -0.25) is 9.69 Å². The highest BCUT2D eigenvalue weighted by Gasteiger charge is 2.38. The summed E-state index contributed by atoms with van der Waals surface area (Å²) >= 11 is 0. The molecule has 0 radical (unpaired) electrons. The first-order valence-electron chi connectivity index (χ1n) is 8.61. The number of amides is 1. The van der Waals surface area contributed by atoms with E-state index in [2.05, 4.69) is 39.4 Å². The molecule has 118 valence electrons. The van der Waals surface area contributed by atoms with Crippen LogP contribution in [0.25, 0.3) is 0 Å². The number of hydrogen-bond acceptors (Lipinski definition) is 3. The van der Waals surface area contributed by atoms with Crippen molar-refractivity contribution in [1.29, 1.82) is 0 Å². The monoisotopic (exact) mass is 299 g/mol. The number of nitrogens with one attached hydrogen (secondary N) is 1. The Bertz CT molecular complexity index is 549. The minimum atomic E-state index is 0.316. The summed E-state index contributed by atoms with van der Waals surface area (Å²) in [6.45, 7) is 6.17. The molecule has 4 rings (SSSR count). The lowest BCUT2D eigenvalue weighted by molar-refractivity contribution is -0.136. The number of hydrogen-bond donors (Lipinski definition) is 1. The summed E-state index contributed by atoms with van der Waals surface area (Å²) in [5.74, 6) is 0.713. The number of piperazine rings is 1. The number of fused-ring (bicyclic) bond motifs is 1. The van der Waals surface area contributed by atoms with Crippen molar-refractivity contribution in [3.63, 3.8) is 0 Å². The summed E-state index contributed by atoms with van der Waals surface area (Å²) in [4.78, 5) is 17.4. The molecular weight excluding hydrogens is 274 g/mol. The third-order valence-electron chi connectivity index (χ3n) is 5.24. The second-order valence-corrected chi connectivity index (χ2v) is 6.92. The van der Waals surface area contributed by atoms with Gasteiger partial charge in [0, 0.05) is 51.2 Å². The van der Waals surface area contributed by atoms with Crippen molar-refractivity contribution in [1.82, 2.24) is 15.1 Å². The maximum atomic E-state index is 12.7. The standard InChI is InChI=1S/C18H25N3O/c22-18(14-5-6-14)21-12-16-4-2-1-3-15(16)11-17(21)13-20-9-7-19-8-10-20/h1-4,14,17,19H,5-13H2. The third-order valence-corrected chi connectivity index (χ3v) is 5.24. The summed E-state index contributed by atoms with van der Waals surface area (Å²) in [7, 11) is 0. The van der Waals surface area contributed by atoms with E-state index in [1.165, 1.54) is 11.1 Å². The fraction of sp³-hybridized carbons (Fsp3) is 0.611. The van der Waals surface area contributed by atoms with E-state index in [0.717, 1.165) is 58.5 Å². The van der Waals surface area contributed by atoms with E-state index in [1.807, 2.05) is 0 Å². The molecule has 1 N–H and O–H groups in total. The molecule has 4 heteroatoms. The first-order chi connectivity index (χ1) is 10.8. The van der Waals surface area contributed by atoms with Gasteiger partial charge in [0.2, 0.25) is 5.91 Å². The molecule has 1 aromatic carbocycles. The maximum Gasteiger partial charge on any atom is 0.226 e. The molecule has 2 fully saturated rings. The van der Waals surface area contributed by atoms with Crippen LogP contribution in [0.3, 0.4) is 0 Å². The highest BCUT2D eigenvalue weighted by atomic mass is 16.2. The van der Waals surface area contributed by atoms with Crippen LogP contribution in [0.15, 0.2) is 24.3 Å². The maximum absolute atomic E-state index is 12.7. The Morgan fingerprint density at radius 2 is 1.86 bits per heavy atom. The van der Waals surface area contributed by atoms with Gasteiger partial charge < -0.3 is 10.2 Å². The first-order valence-corrected chi connectivity index (χ1v) is 8.61. The molecule has 1 unspecified atom stereocenters. The quantitative estimate of drug-likeness (QED) is 0.912. The lowest BCUT2D eigenvalue weighted by Gasteiger charge is -2.40. The topological polar surface area (TPSA) is 35.6 Å². The lowest BCUT2D eigenvalue weighted by atomic mass is 9.93. The van der Waals surface area contributed by atoms with Gasteiger partial charge >= 0.3 is 0 Å². The Kier molecular flexibility index (Phi) is 3.89. The number of rotatable bonds is 3. The third kappa shape index (κ3) is 2.90. The van der Waals surface area contributed by atoms with Gasteiger partial charge in [-0.15, -0.1) is 0 Å². The van der Waals surface area contributed by atoms with Crippen molar-refractivity contribution in [2.24, 2.45) is 5.92 Å². The Balaban J connectivity index is 1.53. The second kappa shape index (κ2) is 6.01. The zero-order valence-corrected chi connectivity index (χ0v) is 13.1. The molecule has 1 aliphatic carbocycles. The van der Waals surface area contributed by atoms with Gasteiger partial charge in [-0.25, -0.2) is 0 Å². The summed E-state index contributed by atoms with van der Waals surface area (Å²) in [6.07, 6.45) is 3.20. The molecule has 2 aliphatic heterocycles. The van der Waals surface area contributed by atoms with E-state index in [-0.39, 0.29) is 0 Å². The largest absolute Gasteiger partial charge is 0.334 e. The molecule has 3 aliphatic rings. The van der Waals surface area contributed by atoms with Crippen molar-refractivity contribution < 1.29 is 4.79 Å². The predicted octanol–water partition coefficient (Wildman–Crippen LogP) is 1.26. The molecule has 1 amide bonds. The Morgan fingerprint density at radius 1 is 1.14 bits per heavy atom. The van der Waals surface area contributed by atoms with Gasteiger partial charge in [0.05, 0.1) is 0 Å². The number of carbonyl (C=O) groups excluding carboxylic acids is 1. The average Bonchev–Trinajstić information content (AvgIpc) is 3.39. The molecule has 1 atom stereocenters. The lowest BCUT2D eigenvalue weighted by Crippen LogP contribution is -2.53. The van der Waals surface area contributed by atoms with E-state index in [4.69, 9.17) is 0 Å². The predicted molar refractivity (Wildman–Crippen MR) is 86.5 cm³/mol. The summed E-state index contributed by atoms with van der Waals surface area (Å²) in [5.41, 5.74) is 2.77. The first kappa shape index (κ1) is 14.2. The average molecular weight is 299 g/mol. The zero-order chi connectivity index (χ0) is 14.9. The number of nitrogens with zero attached hydrogens (tertiary/aromatic N) is 2. The molecule has 2 heterocycles. The molecule has 1 saturated heterocycles. The number of carbonyl (C=O) groups is 1. The summed E-state index contributed by atoms with van der Waals surface area (Å²) < 4.78 is 0. The van der Waals surface area contributed by atoms with Crippen LogP contribution in [0.5, 0.6) is 0 Å². The minimum absolute atomic E-state index is 0.316. The fourth-order valence-electron chi connectivity index (χ4n) is 3.77. The van der Waals surface area contributed by atoms with Gasteiger partial charge in [-0.2, -0.15) is 0 Å². The highest BCUT2D eigenvalue weighted by Crippen LogP contribution is 2.34. The Hall–Kier alpha value is -1.39. The summed E-state index contributed by atoms with van der Waals surface area (Å²) in [6, 6.07) is 8.98. The van der Waals surface area contributed by atoms with Crippen LogP contribution in [0.2, 0.25) is 0 Å². The van der Waals surface area contributed by atoms with E-state index in [1.54, 1.807) is 0 Å². The Morgan fingerprint density at radius 3 is 2.59 bits per heavy atom. The zero-order valence-electron chi connectivity index (χ0n) is 13.1. The van der Waals surface area contributed by atoms with Gasteiger partial charge in [0.25, 0.3) is 0 Å². The van der Waals surface area contributed by atoms with E-state index in [0.29, 0.717) is 17.9 Å². The van der Waals surface area contributed by atoms with Crippen LogP contribution in [0.1, 0.15) is 24.0 Å². The Labute approximate surface area is 132 Å². The van der Waals surface area contributed by atoms with Crippen molar-refractivity contribution in [2.75, 3.05) is 32.7 Å². The number of benzene rings is 1. The fourth-order valence-corrected chi connectivity index (χ4v) is 3.77. The van der Waals surface area contributed by atoms with Crippen LogP contribution in [-0.2, 0) is 17.8 Å². The molecule has 22 heavy (non-hydrogen) atoms. The molecule has 0 bridgehead atoms. The molecule has 1 saturated carbocycles. The van der Waals surface area contributed by atoms with Crippen LogP contribution < -0.4 is 5.32 Å². The smallest absolute Gasteiger partial charge is 0.226 e. The van der Waals surface area contributed by atoms with Gasteiger partial charge in [-0.1, -0.05) is 24.3 Å². The van der Waals surface area contributed by atoms with Gasteiger partial charge in [0.15, 0.2) is 0 Å². The van der Waals surface area contributed by atoms with Crippen LogP contribution >= 0.6 is 0 Å². The van der Waals surface area contributed by atoms with E-state index < -0.39 is 0 Å². The van der Waals surface area contributed by atoms with E-state index in [9.17, 15) is 4.79 Å². The van der Waals surface area contributed by atoms with Crippen LogP contribution in [0.4, 0.5) is 0 Å². The second-order valence-electron chi connectivity index (χ2n) is 6.92. The molecule has 0 spiro atoms. The van der Waals surface area contributed by atoms with Crippen molar-refractivity contribution in [3.8, 4) is 0 Å². The van der Waals surface area contributed by atoms with Gasteiger partial charge in [-0.05, 0) is 30.4 Å². The van der Waals surface area contributed by atoms with Crippen LogP contribution in [0, 0.1) is 5.92 Å². The molecule has 4 nitrogen and oxygen atoms in total. The molecular formula is C18H25N3O. The van der Waals surface area contributed by atoms with Crippen LogP contribution in [-0.4, -0.2) is 54.5 Å². The molecule has 0 aromatic heterocycles. The van der Waals surface area contributed by atoms with Crippen molar-refractivity contribution in [3.05, 3.63) is 35.4 Å². The highest BCUT2D eigenvalue weighted by molar-refractivity contribution is 5.81. The van der Waals surface area contributed by atoms with E-state index >= 15 is 0 Å². The van der Waals surface area contributed by atoms with Crippen molar-refractivity contribution >= 4 is 5.91 Å². The minimum Gasteiger partial charge on any atom is -0.334 e.